The van der Waals surface area contributed by atoms with Crippen molar-refractivity contribution in [2.75, 3.05) is 33.7 Å². The van der Waals surface area contributed by atoms with Crippen molar-refractivity contribution < 1.29 is 0 Å². The van der Waals surface area contributed by atoms with Crippen molar-refractivity contribution in [1.82, 2.24) is 24.9 Å². The number of rotatable bonds is 6. The van der Waals surface area contributed by atoms with Crippen molar-refractivity contribution in [2.45, 2.75) is 58.5 Å². The molecule has 1 aromatic heterocycles. The van der Waals surface area contributed by atoms with Gasteiger partial charge >= 0.3 is 0 Å². The van der Waals surface area contributed by atoms with Crippen molar-refractivity contribution in [1.29, 1.82) is 0 Å². The summed E-state index contributed by atoms with van der Waals surface area (Å²) < 4.78 is 1.91. The molecule has 0 radical (unpaired) electrons. The van der Waals surface area contributed by atoms with Gasteiger partial charge in [-0.15, -0.1) is 24.0 Å². The smallest absolute Gasteiger partial charge is 0.193 e. The monoisotopic (exact) mass is 476 g/mol. The molecule has 0 aliphatic carbocycles. The number of likely N-dealkylation sites (tertiary alicyclic amines) is 1. The largest absolute Gasteiger partial charge is 0.355 e. The topological polar surface area (TPSA) is 48.7 Å². The molecule has 7 heteroatoms. The predicted molar refractivity (Wildman–Crippen MR) is 120 cm³/mol. The number of aromatic nitrogens is 2. The Bertz CT molecular complexity index is 568. The Morgan fingerprint density at radius 1 is 1.42 bits per heavy atom. The van der Waals surface area contributed by atoms with Gasteiger partial charge in [-0.25, -0.2) is 0 Å². The predicted octanol–water partition coefficient (Wildman–Crippen LogP) is 3.04. The van der Waals surface area contributed by atoms with Gasteiger partial charge in [0.2, 0.25) is 0 Å². The molecule has 26 heavy (non-hydrogen) atoms. The fourth-order valence-electron chi connectivity index (χ4n) is 3.79. The zero-order valence-electron chi connectivity index (χ0n) is 17.3. The van der Waals surface area contributed by atoms with Gasteiger partial charge in [0.1, 0.15) is 0 Å². The van der Waals surface area contributed by atoms with Crippen LogP contribution in [0.15, 0.2) is 11.2 Å². The number of halogens is 1. The van der Waals surface area contributed by atoms with Crippen LogP contribution in [0.5, 0.6) is 0 Å². The molecule has 2 rings (SSSR count). The number of aliphatic imine (C=N–C) groups is 1. The highest BCUT2D eigenvalue weighted by atomic mass is 127. The van der Waals surface area contributed by atoms with Crippen molar-refractivity contribution in [2.24, 2.45) is 12.0 Å². The molecule has 6 nitrogen and oxygen atoms in total. The Kier molecular flexibility index (Phi) is 9.92. The fourth-order valence-corrected chi connectivity index (χ4v) is 3.79. The van der Waals surface area contributed by atoms with Gasteiger partial charge in [-0.05, 0) is 31.8 Å². The number of nitrogens with zero attached hydrogens (tertiary/aromatic N) is 5. The Morgan fingerprint density at radius 2 is 2.15 bits per heavy atom. The maximum absolute atomic E-state index is 4.61. The molecule has 0 spiro atoms. The Hall–Kier alpha value is -0.830. The summed E-state index contributed by atoms with van der Waals surface area (Å²) in [6.45, 7) is 10.8. The number of hydrogen-bond donors (Lipinski definition) is 1. The fraction of sp³-hybridized carbons (Fsp3) is 0.789. The van der Waals surface area contributed by atoms with Gasteiger partial charge in [-0.3, -0.25) is 14.6 Å². The molecule has 1 saturated heterocycles. The SMILES string of the molecule is CCN1CCCCC1CNC(=NC)N(C)Cc1cn(C)nc1C(C)C.I. The molecular weight excluding hydrogens is 439 g/mol. The lowest BCUT2D eigenvalue weighted by Crippen LogP contribution is -2.49. The van der Waals surface area contributed by atoms with E-state index >= 15 is 0 Å². The second kappa shape index (κ2) is 11.1. The molecule has 1 unspecified atom stereocenters. The van der Waals surface area contributed by atoms with Crippen molar-refractivity contribution in [3.05, 3.63) is 17.5 Å². The van der Waals surface area contributed by atoms with Crippen LogP contribution in [0, 0.1) is 0 Å². The summed E-state index contributed by atoms with van der Waals surface area (Å²) in [6, 6.07) is 0.619. The minimum absolute atomic E-state index is 0. The standard InChI is InChI=1S/C19H36N6.HI/c1-7-25-11-9-8-10-17(25)12-21-19(20-4)23(5)13-16-14-24(6)22-18(16)15(2)3;/h14-15,17H,7-13H2,1-6H3,(H,20,21);1H. The molecule has 1 aliphatic rings. The van der Waals surface area contributed by atoms with Gasteiger partial charge in [0.25, 0.3) is 0 Å². The molecule has 150 valence electrons. The Labute approximate surface area is 176 Å². The van der Waals surface area contributed by atoms with Crippen LogP contribution < -0.4 is 5.32 Å². The van der Waals surface area contributed by atoms with E-state index in [2.05, 4.69) is 59.2 Å². The quantitative estimate of drug-likeness (QED) is 0.390. The molecule has 1 atom stereocenters. The number of piperidine rings is 1. The second-order valence-corrected chi connectivity index (χ2v) is 7.43. The highest BCUT2D eigenvalue weighted by molar-refractivity contribution is 14.0. The van der Waals surface area contributed by atoms with Gasteiger partial charge < -0.3 is 10.2 Å². The third kappa shape index (κ3) is 6.11. The maximum Gasteiger partial charge on any atom is 0.193 e. The summed E-state index contributed by atoms with van der Waals surface area (Å²) in [5, 5.41) is 8.20. The van der Waals surface area contributed by atoms with E-state index in [9.17, 15) is 0 Å². The second-order valence-electron chi connectivity index (χ2n) is 7.43. The van der Waals surface area contributed by atoms with Gasteiger partial charge in [-0.2, -0.15) is 5.10 Å². The third-order valence-electron chi connectivity index (χ3n) is 5.12. The Morgan fingerprint density at radius 3 is 2.77 bits per heavy atom. The summed E-state index contributed by atoms with van der Waals surface area (Å²) in [4.78, 5) is 9.27. The average Bonchev–Trinajstić information content (AvgIpc) is 2.96. The van der Waals surface area contributed by atoms with E-state index in [0.29, 0.717) is 12.0 Å². The first-order valence-corrected chi connectivity index (χ1v) is 9.64. The number of hydrogen-bond acceptors (Lipinski definition) is 3. The van der Waals surface area contributed by atoms with Crippen molar-refractivity contribution >= 4 is 29.9 Å². The minimum Gasteiger partial charge on any atom is -0.355 e. The minimum atomic E-state index is 0. The van der Waals surface area contributed by atoms with Crippen LogP contribution in [-0.2, 0) is 13.6 Å². The number of guanidine groups is 1. The maximum atomic E-state index is 4.61. The normalized spacial score (nSPS) is 18.7. The first-order valence-electron chi connectivity index (χ1n) is 9.64. The van der Waals surface area contributed by atoms with Gasteiger partial charge in [-0.1, -0.05) is 27.2 Å². The van der Waals surface area contributed by atoms with E-state index in [1.165, 1.54) is 37.1 Å². The van der Waals surface area contributed by atoms with E-state index in [1.54, 1.807) is 0 Å². The molecule has 1 fully saturated rings. The lowest BCUT2D eigenvalue weighted by molar-refractivity contribution is 0.156. The molecule has 0 aromatic carbocycles. The number of aryl methyl sites for hydroxylation is 1. The number of nitrogens with one attached hydrogen (secondary N) is 1. The highest BCUT2D eigenvalue weighted by Gasteiger charge is 2.22. The third-order valence-corrected chi connectivity index (χ3v) is 5.12. The zero-order chi connectivity index (χ0) is 18.4. The average molecular weight is 476 g/mol. The first kappa shape index (κ1) is 23.2. The van der Waals surface area contributed by atoms with Crippen molar-refractivity contribution in [3.63, 3.8) is 0 Å². The summed E-state index contributed by atoms with van der Waals surface area (Å²) in [5.41, 5.74) is 2.45. The number of likely N-dealkylation sites (N-methyl/N-ethyl adjacent to an activating group) is 1. The van der Waals surface area contributed by atoms with E-state index in [1.807, 2.05) is 18.8 Å². The van der Waals surface area contributed by atoms with Gasteiger partial charge in [0.05, 0.1) is 5.69 Å². The van der Waals surface area contributed by atoms with Crippen LogP contribution in [0.4, 0.5) is 0 Å². The van der Waals surface area contributed by atoms with Crippen LogP contribution in [0.3, 0.4) is 0 Å². The van der Waals surface area contributed by atoms with Crippen LogP contribution in [0.1, 0.15) is 57.2 Å². The molecule has 2 heterocycles. The first-order chi connectivity index (χ1) is 12.0. The van der Waals surface area contributed by atoms with Gasteiger partial charge in [0.15, 0.2) is 5.96 Å². The molecule has 1 aliphatic heterocycles. The molecule has 1 N–H and O–H groups in total. The molecule has 1 aromatic rings. The molecule has 0 amide bonds. The van der Waals surface area contributed by atoms with E-state index in [0.717, 1.165) is 25.6 Å². The lowest BCUT2D eigenvalue weighted by atomic mass is 10.0. The van der Waals surface area contributed by atoms with E-state index in [4.69, 9.17) is 0 Å². The van der Waals surface area contributed by atoms with E-state index in [-0.39, 0.29) is 24.0 Å². The van der Waals surface area contributed by atoms with Crippen LogP contribution in [-0.4, -0.2) is 65.3 Å². The lowest BCUT2D eigenvalue weighted by Gasteiger charge is -2.35. The molecule has 0 bridgehead atoms. The van der Waals surface area contributed by atoms with Crippen LogP contribution in [0.25, 0.3) is 0 Å². The summed E-state index contributed by atoms with van der Waals surface area (Å²) in [7, 11) is 5.96. The summed E-state index contributed by atoms with van der Waals surface area (Å²) in [5.74, 6) is 1.39. The summed E-state index contributed by atoms with van der Waals surface area (Å²) in [6.07, 6.45) is 6.07. The van der Waals surface area contributed by atoms with Crippen LogP contribution in [0.2, 0.25) is 0 Å². The zero-order valence-corrected chi connectivity index (χ0v) is 19.7. The van der Waals surface area contributed by atoms with E-state index < -0.39 is 0 Å². The summed E-state index contributed by atoms with van der Waals surface area (Å²) >= 11 is 0. The highest BCUT2D eigenvalue weighted by Crippen LogP contribution is 2.19. The van der Waals surface area contributed by atoms with Crippen molar-refractivity contribution in [3.8, 4) is 0 Å². The van der Waals surface area contributed by atoms with Gasteiger partial charge in [0, 0.05) is 52.0 Å². The van der Waals surface area contributed by atoms with Crippen LogP contribution >= 0.6 is 24.0 Å². The molecule has 0 saturated carbocycles. The molecular formula is C19H37IN6. The Balaban J connectivity index is 0.00000338.